The first-order chi connectivity index (χ1) is 15.6. The predicted octanol–water partition coefficient (Wildman–Crippen LogP) is 6.61. The quantitative estimate of drug-likeness (QED) is 0.480. The molecule has 0 spiro atoms. The number of amidine groups is 1. The lowest BCUT2D eigenvalue weighted by atomic mass is 9.53. The van der Waals surface area contributed by atoms with Crippen molar-refractivity contribution in [2.45, 2.75) is 82.6 Å². The molecule has 1 unspecified atom stereocenters. The Labute approximate surface area is 209 Å². The number of thioether (sulfide) groups is 1. The van der Waals surface area contributed by atoms with Crippen LogP contribution < -0.4 is 5.32 Å². The molecule has 9 heteroatoms. The number of carbonyl (C=O) groups is 1. The molecule has 5 fully saturated rings. The Morgan fingerprint density at radius 2 is 1.68 bits per heavy atom. The first-order valence-electron chi connectivity index (χ1n) is 12.1. The molecule has 1 heterocycles. The number of carbonyl (C=O) groups excluding carboxylic acids is 1. The molecule has 0 aromatic heterocycles. The van der Waals surface area contributed by atoms with E-state index in [0.717, 1.165) is 40.8 Å². The maximum atomic E-state index is 12.8. The van der Waals surface area contributed by atoms with Crippen LogP contribution in [-0.4, -0.2) is 39.4 Å². The van der Waals surface area contributed by atoms with Gasteiger partial charge in [0.25, 0.3) is 0 Å². The lowest BCUT2D eigenvalue weighted by Crippen LogP contribution is -2.50. The summed E-state index contributed by atoms with van der Waals surface area (Å²) in [5.41, 5.74) is -0.233. The van der Waals surface area contributed by atoms with Gasteiger partial charge in [-0.15, -0.1) is 12.4 Å². The van der Waals surface area contributed by atoms with Gasteiger partial charge >= 0.3 is 6.18 Å². The molecule has 1 aromatic rings. The van der Waals surface area contributed by atoms with Crippen LogP contribution in [0.3, 0.4) is 0 Å². The fourth-order valence-electron chi connectivity index (χ4n) is 6.94. The van der Waals surface area contributed by atoms with Gasteiger partial charge in [-0.05, 0) is 94.4 Å². The van der Waals surface area contributed by atoms with Crippen molar-refractivity contribution < 1.29 is 18.0 Å². The van der Waals surface area contributed by atoms with E-state index in [4.69, 9.17) is 4.99 Å². The fourth-order valence-corrected chi connectivity index (χ4v) is 8.33. The minimum atomic E-state index is -4.38. The van der Waals surface area contributed by atoms with Gasteiger partial charge < -0.3 is 10.2 Å². The summed E-state index contributed by atoms with van der Waals surface area (Å²) in [6.07, 6.45) is 3.73. The van der Waals surface area contributed by atoms with Crippen LogP contribution in [0.1, 0.15) is 64.4 Å². The molecule has 4 nitrogen and oxygen atoms in total. The molecule has 34 heavy (non-hydrogen) atoms. The zero-order valence-electron chi connectivity index (χ0n) is 19.6. The number of anilines is 1. The van der Waals surface area contributed by atoms with Crippen LogP contribution in [0, 0.1) is 17.8 Å². The van der Waals surface area contributed by atoms with Crippen molar-refractivity contribution in [2.24, 2.45) is 22.7 Å². The number of halogens is 4. The third-order valence-corrected chi connectivity index (χ3v) is 8.94. The molecule has 4 saturated carbocycles. The molecule has 188 valence electrons. The van der Waals surface area contributed by atoms with Crippen LogP contribution in [0.5, 0.6) is 0 Å². The van der Waals surface area contributed by atoms with E-state index in [1.54, 1.807) is 11.8 Å². The minimum absolute atomic E-state index is 0. The fraction of sp³-hybridized carbons (Fsp3) is 0.680. The monoisotopic (exact) mass is 515 g/mol. The third kappa shape index (κ3) is 5.23. The van der Waals surface area contributed by atoms with Crippen LogP contribution in [-0.2, 0) is 11.0 Å². The second-order valence-corrected chi connectivity index (χ2v) is 11.8. The highest BCUT2D eigenvalue weighted by Gasteiger charge is 2.51. The Balaban J connectivity index is 0.00000274. The number of alkyl halides is 3. The van der Waals surface area contributed by atoms with Gasteiger partial charge in [-0.3, -0.25) is 9.79 Å². The highest BCUT2D eigenvalue weighted by molar-refractivity contribution is 8.14. The number of nitrogens with zero attached hydrogens (tertiary/aromatic N) is 2. The molecule has 6 rings (SSSR count). The molecule has 1 amide bonds. The van der Waals surface area contributed by atoms with Crippen LogP contribution in [0.25, 0.3) is 0 Å². The van der Waals surface area contributed by atoms with Crippen molar-refractivity contribution in [1.29, 1.82) is 0 Å². The van der Waals surface area contributed by atoms with E-state index in [0.29, 0.717) is 12.1 Å². The largest absolute Gasteiger partial charge is 0.416 e. The Hall–Kier alpha value is -1.41. The standard InChI is InChI=1S/C25H32F3N3OS.ClH/c1-15(2)31-21(10-22(32)29-20-5-3-19(4-6-20)25(26,27)28)14-33-23(31)30-24-11-16-7-17(12-24)9-18(8-16)13-24;/h3-6,15-18,21H,7-14H2,1-2H3,(H,29,32);1H. The van der Waals surface area contributed by atoms with Crippen molar-refractivity contribution in [3.8, 4) is 0 Å². The van der Waals surface area contributed by atoms with Crippen LogP contribution in [0.4, 0.5) is 18.9 Å². The smallest absolute Gasteiger partial charge is 0.345 e. The molecule has 4 aliphatic carbocycles. The van der Waals surface area contributed by atoms with Gasteiger partial charge in [0.2, 0.25) is 5.91 Å². The molecule has 5 aliphatic rings. The normalized spacial score (nSPS) is 33.5. The molecular weight excluding hydrogens is 483 g/mol. The summed E-state index contributed by atoms with van der Waals surface area (Å²) in [5, 5.41) is 3.85. The third-order valence-electron chi connectivity index (χ3n) is 7.83. The Morgan fingerprint density at radius 3 is 2.18 bits per heavy atom. The Kier molecular flexibility index (Phi) is 7.22. The highest BCUT2D eigenvalue weighted by atomic mass is 35.5. The van der Waals surface area contributed by atoms with Gasteiger partial charge in [-0.2, -0.15) is 13.2 Å². The summed E-state index contributed by atoms with van der Waals surface area (Å²) >= 11 is 1.76. The van der Waals surface area contributed by atoms with Crippen LogP contribution in [0.2, 0.25) is 0 Å². The molecule has 1 N–H and O–H groups in total. The average Bonchev–Trinajstić information content (AvgIpc) is 3.08. The van der Waals surface area contributed by atoms with Crippen molar-refractivity contribution >= 4 is 40.9 Å². The number of rotatable bonds is 5. The van der Waals surface area contributed by atoms with E-state index >= 15 is 0 Å². The topological polar surface area (TPSA) is 44.7 Å². The Bertz CT molecular complexity index is 899. The maximum absolute atomic E-state index is 12.8. The first kappa shape index (κ1) is 25.7. The van der Waals surface area contributed by atoms with Gasteiger partial charge in [-0.25, -0.2) is 0 Å². The van der Waals surface area contributed by atoms with Crippen molar-refractivity contribution in [2.75, 3.05) is 11.1 Å². The van der Waals surface area contributed by atoms with Crippen LogP contribution >= 0.6 is 24.2 Å². The summed E-state index contributed by atoms with van der Waals surface area (Å²) in [5.74, 6) is 3.14. The van der Waals surface area contributed by atoms with Gasteiger partial charge in [0.1, 0.15) is 0 Å². The first-order valence-corrected chi connectivity index (χ1v) is 13.1. The van der Waals surface area contributed by atoms with E-state index < -0.39 is 11.7 Å². The predicted molar refractivity (Wildman–Crippen MR) is 133 cm³/mol. The maximum Gasteiger partial charge on any atom is 0.416 e. The summed E-state index contributed by atoms with van der Waals surface area (Å²) in [7, 11) is 0. The lowest BCUT2D eigenvalue weighted by Gasteiger charge is -2.55. The van der Waals surface area contributed by atoms with E-state index in [2.05, 4.69) is 24.1 Å². The van der Waals surface area contributed by atoms with E-state index in [-0.39, 0.29) is 35.9 Å². The average molecular weight is 516 g/mol. The lowest BCUT2D eigenvalue weighted by molar-refractivity contribution is -0.137. The second kappa shape index (κ2) is 9.57. The molecule has 1 aliphatic heterocycles. The zero-order chi connectivity index (χ0) is 23.4. The minimum Gasteiger partial charge on any atom is -0.345 e. The molecule has 1 atom stereocenters. The van der Waals surface area contributed by atoms with Gasteiger partial charge in [0, 0.05) is 29.9 Å². The molecule has 0 radical (unpaired) electrons. The zero-order valence-corrected chi connectivity index (χ0v) is 21.2. The van der Waals surface area contributed by atoms with Crippen molar-refractivity contribution in [3.63, 3.8) is 0 Å². The van der Waals surface area contributed by atoms with Gasteiger partial charge in [0.15, 0.2) is 5.17 Å². The van der Waals surface area contributed by atoms with E-state index in [1.807, 2.05) is 0 Å². The van der Waals surface area contributed by atoms with Gasteiger partial charge in [0.05, 0.1) is 11.1 Å². The van der Waals surface area contributed by atoms with Crippen molar-refractivity contribution in [3.05, 3.63) is 29.8 Å². The number of nitrogens with one attached hydrogen (secondary N) is 1. The second-order valence-electron chi connectivity index (χ2n) is 10.8. The number of hydrogen-bond donors (Lipinski definition) is 1. The molecule has 1 saturated heterocycles. The number of benzene rings is 1. The van der Waals surface area contributed by atoms with Crippen molar-refractivity contribution in [1.82, 2.24) is 4.90 Å². The highest BCUT2D eigenvalue weighted by Crippen LogP contribution is 2.57. The number of aliphatic imine (C=N–C) groups is 1. The van der Waals surface area contributed by atoms with Gasteiger partial charge in [-0.1, -0.05) is 11.8 Å². The number of hydrogen-bond acceptors (Lipinski definition) is 3. The SMILES string of the molecule is CC(C)N1C(=NC23CC4CC(CC(C4)C2)C3)SCC1CC(=O)Nc1ccc(C(F)(F)F)cc1.Cl. The number of amides is 1. The molecular formula is C25H33ClF3N3OS. The van der Waals surface area contributed by atoms with E-state index in [9.17, 15) is 18.0 Å². The Morgan fingerprint density at radius 1 is 1.12 bits per heavy atom. The molecule has 4 bridgehead atoms. The van der Waals surface area contributed by atoms with E-state index in [1.165, 1.54) is 50.7 Å². The summed E-state index contributed by atoms with van der Waals surface area (Å²) in [4.78, 5) is 20.4. The summed E-state index contributed by atoms with van der Waals surface area (Å²) in [6.45, 7) is 4.28. The van der Waals surface area contributed by atoms with Crippen LogP contribution in [0.15, 0.2) is 29.3 Å². The summed E-state index contributed by atoms with van der Waals surface area (Å²) in [6, 6.07) is 4.89. The molecule has 1 aromatic carbocycles. The summed E-state index contributed by atoms with van der Waals surface area (Å²) < 4.78 is 38.3.